The molecule has 1 atom stereocenters. The number of aryl methyl sites for hydroxylation is 1. The summed E-state index contributed by atoms with van der Waals surface area (Å²) in [6.45, 7) is -0.592. The third kappa shape index (κ3) is 3.84. The van der Waals surface area contributed by atoms with Gasteiger partial charge in [0.15, 0.2) is 6.61 Å². The van der Waals surface area contributed by atoms with Crippen LogP contribution in [0, 0.1) is 11.6 Å². The summed E-state index contributed by atoms with van der Waals surface area (Å²) in [6, 6.07) is 10.8. The predicted molar refractivity (Wildman–Crippen MR) is 86.9 cm³/mol. The number of nitrogens with one attached hydrogen (secondary N) is 1. The molecule has 0 fully saturated rings. The lowest BCUT2D eigenvalue weighted by Gasteiger charge is -2.26. The third-order valence-electron chi connectivity index (χ3n) is 4.21. The van der Waals surface area contributed by atoms with Crippen LogP contribution in [-0.2, 0) is 16.0 Å². The van der Waals surface area contributed by atoms with E-state index in [0.29, 0.717) is 0 Å². The number of benzene rings is 2. The maximum atomic E-state index is 13.5. The summed E-state index contributed by atoms with van der Waals surface area (Å²) in [6.07, 6.45) is 2.70. The first-order valence-electron chi connectivity index (χ1n) is 8.04. The molecule has 1 aliphatic rings. The van der Waals surface area contributed by atoms with E-state index in [1.54, 1.807) is 0 Å². The monoisotopic (exact) mass is 345 g/mol. The Labute approximate surface area is 143 Å². The first-order valence-corrected chi connectivity index (χ1v) is 8.04. The zero-order valence-electron chi connectivity index (χ0n) is 13.4. The van der Waals surface area contributed by atoms with E-state index in [2.05, 4.69) is 5.32 Å². The lowest BCUT2D eigenvalue weighted by atomic mass is 9.88. The molecule has 0 saturated carbocycles. The van der Waals surface area contributed by atoms with Gasteiger partial charge in [-0.25, -0.2) is 13.6 Å². The van der Waals surface area contributed by atoms with Crippen molar-refractivity contribution in [3.05, 3.63) is 70.8 Å². The standard InChI is InChI=1S/C19H17F2NO3/c20-14-8-4-9-15(21)18(14)19(24)25-11-17(23)22-16-10-3-6-12-5-1-2-7-13(12)16/h1-2,4-5,7-9,16H,3,6,10-11H2,(H,22,23). The minimum Gasteiger partial charge on any atom is -0.452 e. The smallest absolute Gasteiger partial charge is 0.344 e. The van der Waals surface area contributed by atoms with Crippen molar-refractivity contribution < 1.29 is 23.1 Å². The minimum atomic E-state index is -1.20. The molecule has 3 rings (SSSR count). The fourth-order valence-electron chi connectivity index (χ4n) is 3.04. The van der Waals surface area contributed by atoms with Crippen LogP contribution in [0.4, 0.5) is 8.78 Å². The molecule has 1 unspecified atom stereocenters. The molecule has 0 bridgehead atoms. The molecular formula is C19H17F2NO3. The van der Waals surface area contributed by atoms with Crippen LogP contribution in [0.3, 0.4) is 0 Å². The summed E-state index contributed by atoms with van der Waals surface area (Å²) >= 11 is 0. The summed E-state index contributed by atoms with van der Waals surface area (Å²) in [5, 5.41) is 2.81. The molecule has 1 aliphatic carbocycles. The molecule has 0 saturated heterocycles. The van der Waals surface area contributed by atoms with Gasteiger partial charge in [-0.1, -0.05) is 30.3 Å². The van der Waals surface area contributed by atoms with E-state index in [9.17, 15) is 18.4 Å². The van der Waals surface area contributed by atoms with Crippen LogP contribution in [0.15, 0.2) is 42.5 Å². The number of esters is 1. The fourth-order valence-corrected chi connectivity index (χ4v) is 3.04. The third-order valence-corrected chi connectivity index (χ3v) is 4.21. The average molecular weight is 345 g/mol. The lowest BCUT2D eigenvalue weighted by Crippen LogP contribution is -2.34. The molecule has 130 valence electrons. The van der Waals surface area contributed by atoms with Gasteiger partial charge in [-0.15, -0.1) is 0 Å². The Hall–Kier alpha value is -2.76. The maximum Gasteiger partial charge on any atom is 0.344 e. The zero-order valence-corrected chi connectivity index (χ0v) is 13.4. The van der Waals surface area contributed by atoms with Gasteiger partial charge in [0.2, 0.25) is 0 Å². The first-order chi connectivity index (χ1) is 12.1. The Balaban J connectivity index is 1.60. The number of ether oxygens (including phenoxy) is 1. The second kappa shape index (κ2) is 7.42. The van der Waals surface area contributed by atoms with Crippen LogP contribution in [0.25, 0.3) is 0 Å². The summed E-state index contributed by atoms with van der Waals surface area (Å²) in [4.78, 5) is 23.9. The van der Waals surface area contributed by atoms with Crippen LogP contribution in [0.5, 0.6) is 0 Å². The highest BCUT2D eigenvalue weighted by molar-refractivity contribution is 5.91. The second-order valence-corrected chi connectivity index (χ2v) is 5.88. The Morgan fingerprint density at radius 3 is 2.56 bits per heavy atom. The summed E-state index contributed by atoms with van der Waals surface area (Å²) in [5.41, 5.74) is 1.44. The van der Waals surface area contributed by atoms with Crippen molar-refractivity contribution in [2.24, 2.45) is 0 Å². The van der Waals surface area contributed by atoms with Gasteiger partial charge >= 0.3 is 5.97 Å². The predicted octanol–water partition coefficient (Wildman–Crippen LogP) is 3.32. The number of hydrogen-bond donors (Lipinski definition) is 1. The van der Waals surface area contributed by atoms with Crippen molar-refractivity contribution in [2.75, 3.05) is 6.61 Å². The molecule has 4 nitrogen and oxygen atoms in total. The molecule has 0 heterocycles. The molecule has 6 heteroatoms. The zero-order chi connectivity index (χ0) is 17.8. The highest BCUT2D eigenvalue weighted by atomic mass is 19.1. The highest BCUT2D eigenvalue weighted by Crippen LogP contribution is 2.29. The van der Waals surface area contributed by atoms with Gasteiger partial charge in [0, 0.05) is 0 Å². The molecule has 25 heavy (non-hydrogen) atoms. The van der Waals surface area contributed by atoms with Gasteiger partial charge < -0.3 is 10.1 Å². The van der Waals surface area contributed by atoms with Crippen LogP contribution < -0.4 is 5.32 Å². The normalized spacial score (nSPS) is 16.0. The van der Waals surface area contributed by atoms with Gasteiger partial charge in [-0.3, -0.25) is 4.79 Å². The van der Waals surface area contributed by atoms with E-state index < -0.39 is 35.7 Å². The fraction of sp³-hybridized carbons (Fsp3) is 0.263. The summed E-state index contributed by atoms with van der Waals surface area (Å²) in [5.74, 6) is -3.75. The minimum absolute atomic E-state index is 0.152. The van der Waals surface area contributed by atoms with Gasteiger partial charge in [-0.05, 0) is 42.5 Å². The van der Waals surface area contributed by atoms with E-state index in [-0.39, 0.29) is 6.04 Å². The number of carbonyl (C=O) groups is 2. The van der Waals surface area contributed by atoms with Crippen LogP contribution in [0.1, 0.15) is 40.4 Å². The number of rotatable bonds is 4. The average Bonchev–Trinajstić information content (AvgIpc) is 2.60. The first kappa shape index (κ1) is 17.1. The van der Waals surface area contributed by atoms with Crippen molar-refractivity contribution in [1.29, 1.82) is 0 Å². The summed E-state index contributed by atoms with van der Waals surface area (Å²) in [7, 11) is 0. The Morgan fingerprint density at radius 1 is 1.08 bits per heavy atom. The van der Waals surface area contributed by atoms with E-state index in [1.165, 1.54) is 5.56 Å². The molecular weight excluding hydrogens is 328 g/mol. The van der Waals surface area contributed by atoms with Gasteiger partial charge in [-0.2, -0.15) is 0 Å². The molecule has 1 amide bonds. The molecule has 0 radical (unpaired) electrons. The van der Waals surface area contributed by atoms with Gasteiger partial charge in [0.25, 0.3) is 5.91 Å². The van der Waals surface area contributed by atoms with E-state index in [0.717, 1.165) is 43.0 Å². The Kier molecular flexibility index (Phi) is 5.07. The number of fused-ring (bicyclic) bond motifs is 1. The Bertz CT molecular complexity index is 787. The molecule has 0 spiro atoms. The molecule has 0 aliphatic heterocycles. The highest BCUT2D eigenvalue weighted by Gasteiger charge is 2.23. The summed E-state index contributed by atoms with van der Waals surface area (Å²) < 4.78 is 31.8. The van der Waals surface area contributed by atoms with Crippen LogP contribution in [-0.4, -0.2) is 18.5 Å². The number of carbonyl (C=O) groups excluding carboxylic acids is 2. The van der Waals surface area contributed by atoms with Crippen molar-refractivity contribution >= 4 is 11.9 Å². The quantitative estimate of drug-likeness (QED) is 0.865. The molecule has 0 aromatic heterocycles. The van der Waals surface area contributed by atoms with Crippen molar-refractivity contribution in [3.63, 3.8) is 0 Å². The van der Waals surface area contributed by atoms with E-state index >= 15 is 0 Å². The van der Waals surface area contributed by atoms with Crippen LogP contribution in [0.2, 0.25) is 0 Å². The molecule has 2 aromatic carbocycles. The van der Waals surface area contributed by atoms with Crippen molar-refractivity contribution in [2.45, 2.75) is 25.3 Å². The SMILES string of the molecule is O=C(COC(=O)c1c(F)cccc1F)NC1CCCc2ccccc21. The van der Waals surface area contributed by atoms with E-state index in [4.69, 9.17) is 4.74 Å². The molecule has 2 aromatic rings. The number of hydrogen-bond acceptors (Lipinski definition) is 3. The topological polar surface area (TPSA) is 55.4 Å². The number of amides is 1. The van der Waals surface area contributed by atoms with Crippen molar-refractivity contribution in [1.82, 2.24) is 5.32 Å². The largest absolute Gasteiger partial charge is 0.452 e. The second-order valence-electron chi connectivity index (χ2n) is 5.88. The Morgan fingerprint density at radius 2 is 1.80 bits per heavy atom. The molecule has 1 N–H and O–H groups in total. The van der Waals surface area contributed by atoms with Gasteiger partial charge in [0.05, 0.1) is 6.04 Å². The number of halogens is 2. The lowest BCUT2D eigenvalue weighted by molar-refractivity contribution is -0.125. The van der Waals surface area contributed by atoms with Crippen molar-refractivity contribution in [3.8, 4) is 0 Å². The van der Waals surface area contributed by atoms with Gasteiger partial charge in [0.1, 0.15) is 17.2 Å². The van der Waals surface area contributed by atoms with E-state index in [1.807, 2.05) is 24.3 Å². The maximum absolute atomic E-state index is 13.5. The van der Waals surface area contributed by atoms with Crippen LogP contribution >= 0.6 is 0 Å².